The second-order valence-electron chi connectivity index (χ2n) is 4.08. The van der Waals surface area contributed by atoms with E-state index in [4.69, 9.17) is 28.3 Å². The number of hydrogen-bond acceptors (Lipinski definition) is 4. The van der Waals surface area contributed by atoms with Crippen molar-refractivity contribution in [2.45, 2.75) is 18.9 Å². The molecule has 2 N–H and O–H groups in total. The molecule has 0 radical (unpaired) electrons. The van der Waals surface area contributed by atoms with E-state index in [0.717, 1.165) is 0 Å². The van der Waals surface area contributed by atoms with Crippen molar-refractivity contribution in [3.8, 4) is 0 Å². The Balaban J connectivity index is 2.79. The molecule has 1 amide bonds. The lowest BCUT2D eigenvalue weighted by Gasteiger charge is -2.14. The second kappa shape index (κ2) is 7.85. The highest BCUT2D eigenvalue weighted by Crippen LogP contribution is 2.25. The summed E-state index contributed by atoms with van der Waals surface area (Å²) in [5, 5.41) is 11.6. The van der Waals surface area contributed by atoms with Crippen LogP contribution >= 0.6 is 23.2 Å². The van der Waals surface area contributed by atoms with E-state index in [-0.39, 0.29) is 28.5 Å². The molecule has 0 saturated carbocycles. The Hall–Kier alpha value is -1.79. The third-order valence-corrected chi connectivity index (χ3v) is 3.48. The molecule has 21 heavy (non-hydrogen) atoms. The van der Waals surface area contributed by atoms with Gasteiger partial charge in [-0.1, -0.05) is 29.3 Å². The van der Waals surface area contributed by atoms with E-state index < -0.39 is 23.9 Å². The highest BCUT2D eigenvalue weighted by molar-refractivity contribution is 6.43. The molecular weight excluding hydrogens is 321 g/mol. The van der Waals surface area contributed by atoms with Crippen molar-refractivity contribution in [1.82, 2.24) is 5.32 Å². The summed E-state index contributed by atoms with van der Waals surface area (Å²) < 4.78 is 4.42. The average Bonchev–Trinajstić information content (AvgIpc) is 2.45. The van der Waals surface area contributed by atoms with Gasteiger partial charge < -0.3 is 15.2 Å². The smallest absolute Gasteiger partial charge is 0.326 e. The van der Waals surface area contributed by atoms with Crippen LogP contribution in [0, 0.1) is 0 Å². The molecule has 0 aliphatic carbocycles. The van der Waals surface area contributed by atoms with Gasteiger partial charge in [0.15, 0.2) is 0 Å². The van der Waals surface area contributed by atoms with Crippen LogP contribution in [0.15, 0.2) is 18.2 Å². The molecule has 0 bridgehead atoms. The molecule has 1 rings (SSSR count). The van der Waals surface area contributed by atoms with Gasteiger partial charge in [-0.2, -0.15) is 0 Å². The predicted molar refractivity (Wildman–Crippen MR) is 76.6 cm³/mol. The van der Waals surface area contributed by atoms with Gasteiger partial charge in [-0.3, -0.25) is 9.59 Å². The lowest BCUT2D eigenvalue weighted by atomic mass is 10.1. The van der Waals surface area contributed by atoms with Crippen LogP contribution in [0.2, 0.25) is 10.0 Å². The molecule has 0 unspecified atom stereocenters. The molecule has 1 aromatic carbocycles. The van der Waals surface area contributed by atoms with Crippen LogP contribution in [0.4, 0.5) is 0 Å². The molecule has 0 aliphatic rings. The summed E-state index contributed by atoms with van der Waals surface area (Å²) in [6, 6.07) is 3.22. The van der Waals surface area contributed by atoms with Gasteiger partial charge in [0.05, 0.1) is 22.7 Å². The number of carbonyl (C=O) groups is 3. The van der Waals surface area contributed by atoms with Crippen molar-refractivity contribution >= 4 is 41.0 Å². The number of aliphatic carboxylic acids is 1. The van der Waals surface area contributed by atoms with E-state index in [9.17, 15) is 14.4 Å². The number of carbonyl (C=O) groups excluding carboxylic acids is 2. The first-order valence-electron chi connectivity index (χ1n) is 5.91. The van der Waals surface area contributed by atoms with E-state index in [2.05, 4.69) is 10.1 Å². The fraction of sp³-hybridized carbons (Fsp3) is 0.308. The Morgan fingerprint density at radius 3 is 2.57 bits per heavy atom. The van der Waals surface area contributed by atoms with Gasteiger partial charge in [0.1, 0.15) is 6.04 Å². The number of hydrogen-bond donors (Lipinski definition) is 2. The monoisotopic (exact) mass is 333 g/mol. The van der Waals surface area contributed by atoms with Crippen LogP contribution in [0.1, 0.15) is 23.2 Å². The summed E-state index contributed by atoms with van der Waals surface area (Å²) in [4.78, 5) is 34.1. The fourth-order valence-electron chi connectivity index (χ4n) is 1.54. The molecule has 0 spiro atoms. The van der Waals surface area contributed by atoms with Gasteiger partial charge in [0.2, 0.25) is 0 Å². The molecule has 6 nitrogen and oxygen atoms in total. The summed E-state index contributed by atoms with van der Waals surface area (Å²) in [7, 11) is 1.20. The lowest BCUT2D eigenvalue weighted by molar-refractivity contribution is -0.142. The summed E-state index contributed by atoms with van der Waals surface area (Å²) in [5.74, 6) is -2.50. The standard InChI is InChI=1S/C13H13Cl2NO5/c1-21-10(17)6-5-9(13(19)20)16-12(18)7-3-2-4-8(14)11(7)15/h2-4,9H,5-6H2,1H3,(H,16,18)(H,19,20)/t9-/m1/s1. The van der Waals surface area contributed by atoms with Crippen LogP contribution in [-0.4, -0.2) is 36.1 Å². The Morgan fingerprint density at radius 1 is 1.33 bits per heavy atom. The maximum atomic E-state index is 12.0. The lowest BCUT2D eigenvalue weighted by Crippen LogP contribution is -2.41. The summed E-state index contributed by atoms with van der Waals surface area (Å²) in [5.41, 5.74) is 0.0634. The van der Waals surface area contributed by atoms with Gasteiger partial charge in [0, 0.05) is 6.42 Å². The van der Waals surface area contributed by atoms with Crippen molar-refractivity contribution in [2.24, 2.45) is 0 Å². The summed E-state index contributed by atoms with van der Waals surface area (Å²) >= 11 is 11.7. The SMILES string of the molecule is COC(=O)CC[C@@H](NC(=O)c1cccc(Cl)c1Cl)C(=O)O. The number of ether oxygens (including phenoxy) is 1. The minimum absolute atomic E-state index is 0.0359. The van der Waals surface area contributed by atoms with Gasteiger partial charge in [-0.25, -0.2) is 4.79 Å². The highest BCUT2D eigenvalue weighted by atomic mass is 35.5. The maximum absolute atomic E-state index is 12.0. The van der Waals surface area contributed by atoms with E-state index in [1.54, 1.807) is 0 Å². The number of methoxy groups -OCH3 is 1. The second-order valence-corrected chi connectivity index (χ2v) is 4.87. The zero-order chi connectivity index (χ0) is 16.0. The van der Waals surface area contributed by atoms with E-state index >= 15 is 0 Å². The molecule has 1 atom stereocenters. The quantitative estimate of drug-likeness (QED) is 0.778. The average molecular weight is 334 g/mol. The van der Waals surface area contributed by atoms with Gasteiger partial charge in [-0.05, 0) is 18.6 Å². The largest absolute Gasteiger partial charge is 0.480 e. The Morgan fingerprint density at radius 2 is 2.00 bits per heavy atom. The first-order valence-corrected chi connectivity index (χ1v) is 6.67. The van der Waals surface area contributed by atoms with Crippen LogP contribution in [0.25, 0.3) is 0 Å². The number of esters is 1. The Kier molecular flexibility index (Phi) is 6.45. The van der Waals surface area contributed by atoms with Gasteiger partial charge in [-0.15, -0.1) is 0 Å². The van der Waals surface area contributed by atoms with E-state index in [1.165, 1.54) is 25.3 Å². The van der Waals surface area contributed by atoms with E-state index in [1.807, 2.05) is 0 Å². The van der Waals surface area contributed by atoms with Crippen LogP contribution in [0.5, 0.6) is 0 Å². The zero-order valence-electron chi connectivity index (χ0n) is 11.1. The van der Waals surface area contributed by atoms with Crippen LogP contribution in [-0.2, 0) is 14.3 Å². The molecule has 8 heteroatoms. The molecule has 0 aliphatic heterocycles. The Bertz CT molecular complexity index is 561. The van der Waals surface area contributed by atoms with Gasteiger partial charge in [0.25, 0.3) is 5.91 Å². The number of rotatable bonds is 6. The number of amides is 1. The molecule has 0 saturated heterocycles. The molecule has 0 aromatic heterocycles. The minimum Gasteiger partial charge on any atom is -0.480 e. The predicted octanol–water partition coefficient (Wildman–Crippen LogP) is 2.13. The number of nitrogens with one attached hydrogen (secondary N) is 1. The van der Waals surface area contributed by atoms with Crippen molar-refractivity contribution in [2.75, 3.05) is 7.11 Å². The first kappa shape index (κ1) is 17.3. The molecule has 114 valence electrons. The molecule has 0 fully saturated rings. The number of carboxylic acid groups (broad SMARTS) is 1. The number of halogens is 2. The number of benzene rings is 1. The van der Waals surface area contributed by atoms with Crippen molar-refractivity contribution in [1.29, 1.82) is 0 Å². The normalized spacial score (nSPS) is 11.6. The van der Waals surface area contributed by atoms with Crippen LogP contribution < -0.4 is 5.32 Å². The zero-order valence-corrected chi connectivity index (χ0v) is 12.6. The Labute approximate surface area is 131 Å². The highest BCUT2D eigenvalue weighted by Gasteiger charge is 2.23. The van der Waals surface area contributed by atoms with Crippen molar-refractivity contribution in [3.05, 3.63) is 33.8 Å². The third-order valence-electron chi connectivity index (χ3n) is 2.66. The van der Waals surface area contributed by atoms with Crippen molar-refractivity contribution < 1.29 is 24.2 Å². The minimum atomic E-state index is -1.26. The first-order chi connectivity index (χ1) is 9.86. The molecule has 0 heterocycles. The summed E-state index contributed by atoms with van der Waals surface area (Å²) in [6.45, 7) is 0. The van der Waals surface area contributed by atoms with E-state index in [0.29, 0.717) is 0 Å². The molecular formula is C13H13Cl2NO5. The fourth-order valence-corrected chi connectivity index (χ4v) is 1.92. The maximum Gasteiger partial charge on any atom is 0.326 e. The third kappa shape index (κ3) is 4.91. The van der Waals surface area contributed by atoms with Crippen LogP contribution in [0.3, 0.4) is 0 Å². The summed E-state index contributed by atoms with van der Waals surface area (Å²) in [6.07, 6.45) is -0.219. The number of carboxylic acids is 1. The molecule has 1 aromatic rings. The topological polar surface area (TPSA) is 92.7 Å². The van der Waals surface area contributed by atoms with Gasteiger partial charge >= 0.3 is 11.9 Å². The van der Waals surface area contributed by atoms with Crippen molar-refractivity contribution in [3.63, 3.8) is 0 Å².